The van der Waals surface area contributed by atoms with Gasteiger partial charge in [0.05, 0.1) is 4.90 Å². The first kappa shape index (κ1) is 17.2. The van der Waals surface area contributed by atoms with Gasteiger partial charge in [-0.25, -0.2) is 13.6 Å². The third-order valence-electron chi connectivity index (χ3n) is 3.31. The minimum atomic E-state index is -3.78. The number of nitrogens with zero attached hydrogens (tertiary/aromatic N) is 1. The third-order valence-corrected chi connectivity index (χ3v) is 4.49. The number of rotatable bonds is 4. The van der Waals surface area contributed by atoms with Gasteiger partial charge in [-0.05, 0) is 48.5 Å². The lowest BCUT2D eigenvalue weighted by molar-refractivity contribution is 0.101. The van der Waals surface area contributed by atoms with Crippen molar-refractivity contribution in [2.24, 2.45) is 5.14 Å². The molecule has 0 spiro atoms. The molecule has 0 saturated heterocycles. The molecular weight excluding hydrogens is 366 g/mol. The second-order valence-corrected chi connectivity index (χ2v) is 7.10. The zero-order valence-corrected chi connectivity index (χ0v) is 14.2. The second kappa shape index (κ2) is 6.67. The summed E-state index contributed by atoms with van der Waals surface area (Å²) in [6, 6.07) is 13.8. The molecule has 0 radical (unpaired) electrons. The van der Waals surface area contributed by atoms with Crippen molar-refractivity contribution >= 4 is 33.2 Å². The molecule has 3 N–H and O–H groups in total. The molecule has 0 atom stereocenters. The Morgan fingerprint density at radius 1 is 1.08 bits per heavy atom. The first-order chi connectivity index (χ1) is 11.8. The van der Waals surface area contributed by atoms with Gasteiger partial charge in [-0.15, -0.1) is 0 Å². The van der Waals surface area contributed by atoms with E-state index in [0.29, 0.717) is 16.5 Å². The molecule has 0 aliphatic rings. The zero-order valence-electron chi connectivity index (χ0n) is 12.6. The Morgan fingerprint density at radius 2 is 1.72 bits per heavy atom. The van der Waals surface area contributed by atoms with Crippen molar-refractivity contribution in [3.63, 3.8) is 0 Å². The van der Waals surface area contributed by atoms with Gasteiger partial charge in [0, 0.05) is 22.3 Å². The number of nitrogens with two attached hydrogens (primary N) is 1. The van der Waals surface area contributed by atoms with Crippen LogP contribution < -0.4 is 10.5 Å². The fourth-order valence-corrected chi connectivity index (χ4v) is 2.70. The molecule has 3 aromatic rings. The summed E-state index contributed by atoms with van der Waals surface area (Å²) in [5.41, 5.74) is 1.21. The number of hydrogen-bond acceptors (Lipinski definition) is 5. The number of amides is 1. The summed E-state index contributed by atoms with van der Waals surface area (Å²) in [7, 11) is -3.78. The van der Waals surface area contributed by atoms with Crippen molar-refractivity contribution in [2.75, 3.05) is 5.32 Å². The zero-order chi connectivity index (χ0) is 18.0. The number of aromatic nitrogens is 1. The van der Waals surface area contributed by atoms with Crippen molar-refractivity contribution in [3.8, 4) is 11.3 Å². The molecular formula is C16H12ClN3O4S. The highest BCUT2D eigenvalue weighted by atomic mass is 35.5. The summed E-state index contributed by atoms with van der Waals surface area (Å²) < 4.78 is 27.6. The number of anilines is 1. The van der Waals surface area contributed by atoms with Crippen molar-refractivity contribution in [1.29, 1.82) is 0 Å². The van der Waals surface area contributed by atoms with Crippen LogP contribution in [0.4, 0.5) is 5.69 Å². The molecule has 2 aromatic carbocycles. The van der Waals surface area contributed by atoms with Gasteiger partial charge in [0.15, 0.2) is 11.5 Å². The molecule has 0 fully saturated rings. The predicted molar refractivity (Wildman–Crippen MR) is 92.7 cm³/mol. The Hall–Kier alpha value is -2.68. The second-order valence-electron chi connectivity index (χ2n) is 5.11. The normalized spacial score (nSPS) is 11.3. The van der Waals surface area contributed by atoms with E-state index in [1.165, 1.54) is 30.3 Å². The van der Waals surface area contributed by atoms with Crippen LogP contribution in [0.2, 0.25) is 5.02 Å². The van der Waals surface area contributed by atoms with E-state index < -0.39 is 15.9 Å². The topological polar surface area (TPSA) is 115 Å². The van der Waals surface area contributed by atoms with Gasteiger partial charge in [0.25, 0.3) is 5.91 Å². The predicted octanol–water partition coefficient (Wildman–Crippen LogP) is 2.89. The van der Waals surface area contributed by atoms with E-state index in [-0.39, 0.29) is 10.6 Å². The molecule has 25 heavy (non-hydrogen) atoms. The van der Waals surface area contributed by atoms with E-state index in [0.717, 1.165) is 5.56 Å². The maximum atomic E-state index is 12.2. The van der Waals surface area contributed by atoms with Crippen LogP contribution in [0.1, 0.15) is 10.5 Å². The van der Waals surface area contributed by atoms with Gasteiger partial charge in [-0.3, -0.25) is 4.79 Å². The number of halogens is 1. The Morgan fingerprint density at radius 3 is 2.32 bits per heavy atom. The summed E-state index contributed by atoms with van der Waals surface area (Å²) in [4.78, 5) is 12.2. The molecule has 0 aliphatic heterocycles. The standard InChI is InChI=1S/C16H12ClN3O4S/c17-11-3-1-10(2-4-11)15-9-14(20-24-15)16(21)19-12-5-7-13(8-6-12)25(18,22)23/h1-9H,(H,19,21)(H2,18,22,23). The van der Waals surface area contributed by atoms with Crippen LogP contribution >= 0.6 is 11.6 Å². The molecule has 7 nitrogen and oxygen atoms in total. The summed E-state index contributed by atoms with van der Waals surface area (Å²) >= 11 is 5.83. The van der Waals surface area contributed by atoms with E-state index in [4.69, 9.17) is 21.3 Å². The van der Waals surface area contributed by atoms with E-state index in [2.05, 4.69) is 10.5 Å². The molecule has 128 valence electrons. The smallest absolute Gasteiger partial charge is 0.277 e. The van der Waals surface area contributed by atoms with Gasteiger partial charge >= 0.3 is 0 Å². The summed E-state index contributed by atoms with van der Waals surface area (Å²) in [6.45, 7) is 0. The first-order valence-corrected chi connectivity index (χ1v) is 8.92. The van der Waals surface area contributed by atoms with E-state index in [9.17, 15) is 13.2 Å². The monoisotopic (exact) mass is 377 g/mol. The SMILES string of the molecule is NS(=O)(=O)c1ccc(NC(=O)c2cc(-c3ccc(Cl)cc3)on2)cc1. The minimum absolute atomic E-state index is 0.0445. The highest BCUT2D eigenvalue weighted by Crippen LogP contribution is 2.23. The lowest BCUT2D eigenvalue weighted by Gasteiger charge is -2.03. The van der Waals surface area contributed by atoms with Crippen LogP contribution in [-0.2, 0) is 10.0 Å². The maximum Gasteiger partial charge on any atom is 0.277 e. The fourth-order valence-electron chi connectivity index (χ4n) is 2.06. The molecule has 0 bridgehead atoms. The highest BCUT2D eigenvalue weighted by Gasteiger charge is 2.14. The molecule has 0 unspecified atom stereocenters. The number of nitrogens with one attached hydrogen (secondary N) is 1. The quantitative estimate of drug-likeness (QED) is 0.725. The lowest BCUT2D eigenvalue weighted by Crippen LogP contribution is -2.14. The minimum Gasteiger partial charge on any atom is -0.355 e. The number of carbonyl (C=O) groups excluding carboxylic acids is 1. The largest absolute Gasteiger partial charge is 0.355 e. The summed E-state index contributed by atoms with van der Waals surface area (Å²) in [5.74, 6) is -0.0706. The number of primary sulfonamides is 1. The van der Waals surface area contributed by atoms with Crippen molar-refractivity contribution < 1.29 is 17.7 Å². The number of hydrogen-bond donors (Lipinski definition) is 2. The molecule has 1 aromatic heterocycles. The summed E-state index contributed by atoms with van der Waals surface area (Å²) in [5, 5.41) is 11.9. The van der Waals surface area contributed by atoms with E-state index >= 15 is 0 Å². The lowest BCUT2D eigenvalue weighted by atomic mass is 10.1. The average molecular weight is 378 g/mol. The van der Waals surface area contributed by atoms with Gasteiger partial charge < -0.3 is 9.84 Å². The third kappa shape index (κ3) is 4.05. The van der Waals surface area contributed by atoms with E-state index in [1.54, 1.807) is 24.3 Å². The van der Waals surface area contributed by atoms with Crippen molar-refractivity contribution in [1.82, 2.24) is 5.16 Å². The van der Waals surface area contributed by atoms with Crippen LogP contribution in [-0.4, -0.2) is 19.5 Å². The number of carbonyl (C=O) groups is 1. The Kier molecular flexibility index (Phi) is 4.58. The molecule has 9 heteroatoms. The van der Waals surface area contributed by atoms with Crippen molar-refractivity contribution in [2.45, 2.75) is 4.90 Å². The van der Waals surface area contributed by atoms with Gasteiger partial charge in [0.2, 0.25) is 10.0 Å². The first-order valence-electron chi connectivity index (χ1n) is 7.00. The van der Waals surface area contributed by atoms with Crippen molar-refractivity contribution in [3.05, 3.63) is 65.3 Å². The van der Waals surface area contributed by atoms with Crippen LogP contribution in [0.3, 0.4) is 0 Å². The Bertz CT molecular complexity index is 1010. The van der Waals surface area contributed by atoms with Crippen LogP contribution in [0.25, 0.3) is 11.3 Å². The van der Waals surface area contributed by atoms with Gasteiger partial charge in [0.1, 0.15) is 0 Å². The Balaban J connectivity index is 1.75. The fraction of sp³-hybridized carbons (Fsp3) is 0. The van der Waals surface area contributed by atoms with Crippen LogP contribution in [0, 0.1) is 0 Å². The Labute approximate surface area is 148 Å². The van der Waals surface area contributed by atoms with Crippen LogP contribution in [0.15, 0.2) is 64.0 Å². The molecule has 1 amide bonds. The molecule has 0 saturated carbocycles. The van der Waals surface area contributed by atoms with Gasteiger partial charge in [-0.1, -0.05) is 16.8 Å². The average Bonchev–Trinajstić information content (AvgIpc) is 3.05. The van der Waals surface area contributed by atoms with Gasteiger partial charge in [-0.2, -0.15) is 0 Å². The summed E-state index contributed by atoms with van der Waals surface area (Å²) in [6.07, 6.45) is 0. The van der Waals surface area contributed by atoms with Crippen LogP contribution in [0.5, 0.6) is 0 Å². The molecule has 3 rings (SSSR count). The number of sulfonamides is 1. The highest BCUT2D eigenvalue weighted by molar-refractivity contribution is 7.89. The molecule has 0 aliphatic carbocycles. The van der Waals surface area contributed by atoms with E-state index in [1.807, 2.05) is 0 Å². The number of benzene rings is 2. The maximum absolute atomic E-state index is 12.2. The molecule has 1 heterocycles.